The third-order valence-corrected chi connectivity index (χ3v) is 4.48. The van der Waals surface area contributed by atoms with Gasteiger partial charge in [0.05, 0.1) is 4.47 Å². The number of allylic oxidation sites excluding steroid dienone is 2. The van der Waals surface area contributed by atoms with Gasteiger partial charge in [-0.1, -0.05) is 25.3 Å². The standard InChI is InChI=1S/C17H23BrN6S/c1-4-5-14(25)8-9-19-17-20-10-15(18)16(22-17)21-12(3)24-23-11(2)13-6-7-13/h4-5,10,13,24-25H,1,3,6-9H2,2H3,(H2,19,20,21,22)/b14-5-,23-11+. The molecular weight excluding hydrogens is 400 g/mol. The van der Waals surface area contributed by atoms with Gasteiger partial charge in [-0.3, -0.25) is 5.43 Å². The van der Waals surface area contributed by atoms with Gasteiger partial charge in [-0.05, 0) is 52.9 Å². The second-order valence-corrected chi connectivity index (χ2v) is 7.13. The molecule has 1 aromatic heterocycles. The van der Waals surface area contributed by atoms with Crippen molar-refractivity contribution in [3.05, 3.63) is 46.7 Å². The fraction of sp³-hybridized carbons (Fsp3) is 0.353. The number of hydrogen-bond acceptors (Lipinski definition) is 7. The predicted octanol–water partition coefficient (Wildman–Crippen LogP) is 4.30. The van der Waals surface area contributed by atoms with Crippen molar-refractivity contribution >= 4 is 46.0 Å². The van der Waals surface area contributed by atoms with Crippen LogP contribution in [-0.2, 0) is 0 Å². The van der Waals surface area contributed by atoms with E-state index < -0.39 is 0 Å². The number of aromatic nitrogens is 2. The molecule has 6 nitrogen and oxygen atoms in total. The summed E-state index contributed by atoms with van der Waals surface area (Å²) in [6, 6.07) is 0. The number of nitrogens with zero attached hydrogens (tertiary/aromatic N) is 3. The summed E-state index contributed by atoms with van der Waals surface area (Å²) in [6.07, 6.45) is 8.47. The van der Waals surface area contributed by atoms with E-state index in [9.17, 15) is 0 Å². The van der Waals surface area contributed by atoms with Gasteiger partial charge in [0.15, 0.2) is 5.82 Å². The van der Waals surface area contributed by atoms with Crippen molar-refractivity contribution in [1.29, 1.82) is 0 Å². The van der Waals surface area contributed by atoms with E-state index in [0.717, 1.165) is 21.5 Å². The van der Waals surface area contributed by atoms with Crippen molar-refractivity contribution in [2.75, 3.05) is 17.2 Å². The van der Waals surface area contributed by atoms with Gasteiger partial charge in [-0.15, -0.1) is 12.6 Å². The summed E-state index contributed by atoms with van der Waals surface area (Å²) in [4.78, 5) is 9.62. The van der Waals surface area contributed by atoms with Crippen molar-refractivity contribution in [3.8, 4) is 0 Å². The SMILES string of the molecule is C=C/C=C(\S)CCNc1ncc(Br)c(NC(=C)N/N=C(\C)C2CC2)n1. The van der Waals surface area contributed by atoms with Crippen LogP contribution in [0, 0.1) is 5.92 Å². The maximum absolute atomic E-state index is 4.44. The molecule has 25 heavy (non-hydrogen) atoms. The summed E-state index contributed by atoms with van der Waals surface area (Å²) in [5, 5.41) is 10.6. The first kappa shape index (κ1) is 19.5. The first-order valence-electron chi connectivity index (χ1n) is 8.02. The van der Waals surface area contributed by atoms with Gasteiger partial charge in [-0.25, -0.2) is 4.98 Å². The Balaban J connectivity index is 1.89. The van der Waals surface area contributed by atoms with Gasteiger partial charge in [0.1, 0.15) is 5.82 Å². The Bertz CT molecular complexity index is 696. The van der Waals surface area contributed by atoms with E-state index in [4.69, 9.17) is 0 Å². The Kier molecular flexibility index (Phi) is 7.52. The van der Waals surface area contributed by atoms with Crippen LogP contribution >= 0.6 is 28.6 Å². The minimum atomic E-state index is 0.524. The number of rotatable bonds is 10. The average molecular weight is 423 g/mol. The molecule has 1 aliphatic carbocycles. The van der Waals surface area contributed by atoms with Crippen LogP contribution in [-0.4, -0.2) is 22.2 Å². The lowest BCUT2D eigenvalue weighted by atomic mass is 10.3. The molecule has 0 bridgehead atoms. The molecular formula is C17H23BrN6S. The minimum Gasteiger partial charge on any atom is -0.354 e. The number of nitrogens with one attached hydrogen (secondary N) is 3. The topological polar surface area (TPSA) is 74.2 Å². The maximum Gasteiger partial charge on any atom is 0.224 e. The number of hydrogen-bond donors (Lipinski definition) is 4. The lowest BCUT2D eigenvalue weighted by molar-refractivity contribution is 0.877. The molecule has 1 saturated carbocycles. The molecule has 1 heterocycles. The van der Waals surface area contributed by atoms with Gasteiger partial charge in [0, 0.05) is 18.5 Å². The highest BCUT2D eigenvalue weighted by Gasteiger charge is 2.24. The molecule has 0 saturated heterocycles. The summed E-state index contributed by atoms with van der Waals surface area (Å²) >= 11 is 7.79. The lowest BCUT2D eigenvalue weighted by Crippen LogP contribution is -2.17. The first-order valence-corrected chi connectivity index (χ1v) is 9.26. The number of anilines is 2. The van der Waals surface area contributed by atoms with Crippen molar-refractivity contribution in [1.82, 2.24) is 15.4 Å². The van der Waals surface area contributed by atoms with E-state index in [1.807, 2.05) is 13.0 Å². The summed E-state index contributed by atoms with van der Waals surface area (Å²) in [5.74, 6) is 2.31. The first-order chi connectivity index (χ1) is 12.0. The zero-order chi connectivity index (χ0) is 18.2. The third kappa shape index (κ3) is 6.91. The quantitative estimate of drug-likeness (QED) is 0.196. The second kappa shape index (κ2) is 9.62. The smallest absolute Gasteiger partial charge is 0.224 e. The molecule has 0 radical (unpaired) electrons. The molecule has 134 valence electrons. The molecule has 3 N–H and O–H groups in total. The molecule has 2 rings (SSSR count). The summed E-state index contributed by atoms with van der Waals surface area (Å²) in [6.45, 7) is 10.3. The molecule has 1 fully saturated rings. The van der Waals surface area contributed by atoms with Crippen LogP contribution in [0.15, 0.2) is 51.8 Å². The highest BCUT2D eigenvalue weighted by atomic mass is 79.9. The molecule has 0 aromatic carbocycles. The Hall–Kier alpha value is -1.80. The molecule has 0 spiro atoms. The summed E-state index contributed by atoms with van der Waals surface area (Å²) in [5.41, 5.74) is 4.02. The van der Waals surface area contributed by atoms with Gasteiger partial charge >= 0.3 is 0 Å². The average Bonchev–Trinajstić information content (AvgIpc) is 3.41. The van der Waals surface area contributed by atoms with Crippen LogP contribution in [0.1, 0.15) is 26.2 Å². The molecule has 0 unspecified atom stereocenters. The van der Waals surface area contributed by atoms with E-state index in [1.54, 1.807) is 12.3 Å². The van der Waals surface area contributed by atoms with Crippen molar-refractivity contribution in [2.45, 2.75) is 26.2 Å². The van der Waals surface area contributed by atoms with Crippen molar-refractivity contribution in [3.63, 3.8) is 0 Å². The Labute approximate surface area is 162 Å². The molecule has 0 atom stereocenters. The summed E-state index contributed by atoms with van der Waals surface area (Å²) < 4.78 is 0.741. The van der Waals surface area contributed by atoms with Crippen LogP contribution in [0.2, 0.25) is 0 Å². The minimum absolute atomic E-state index is 0.524. The van der Waals surface area contributed by atoms with Gasteiger partial charge in [0.25, 0.3) is 0 Å². The van der Waals surface area contributed by atoms with Crippen molar-refractivity contribution in [2.24, 2.45) is 11.0 Å². The van der Waals surface area contributed by atoms with E-state index in [2.05, 4.69) is 72.8 Å². The number of halogens is 1. The van der Waals surface area contributed by atoms with Crippen LogP contribution in [0.5, 0.6) is 0 Å². The fourth-order valence-electron chi connectivity index (χ4n) is 1.98. The highest BCUT2D eigenvalue weighted by Crippen LogP contribution is 2.30. The van der Waals surface area contributed by atoms with Crippen LogP contribution in [0.4, 0.5) is 11.8 Å². The van der Waals surface area contributed by atoms with Gasteiger partial charge in [0.2, 0.25) is 5.95 Å². The zero-order valence-corrected chi connectivity index (χ0v) is 16.7. The van der Waals surface area contributed by atoms with Crippen LogP contribution < -0.4 is 16.1 Å². The van der Waals surface area contributed by atoms with E-state index in [-0.39, 0.29) is 0 Å². The Morgan fingerprint density at radius 1 is 1.52 bits per heavy atom. The van der Waals surface area contributed by atoms with Crippen LogP contribution in [0.3, 0.4) is 0 Å². The summed E-state index contributed by atoms with van der Waals surface area (Å²) in [7, 11) is 0. The van der Waals surface area contributed by atoms with Crippen LogP contribution in [0.25, 0.3) is 0 Å². The molecule has 1 aliphatic rings. The monoisotopic (exact) mass is 422 g/mol. The molecule has 8 heteroatoms. The fourth-order valence-corrected chi connectivity index (χ4v) is 2.49. The predicted molar refractivity (Wildman–Crippen MR) is 112 cm³/mol. The Morgan fingerprint density at radius 3 is 2.96 bits per heavy atom. The van der Waals surface area contributed by atoms with E-state index >= 15 is 0 Å². The van der Waals surface area contributed by atoms with E-state index in [1.165, 1.54) is 12.8 Å². The Morgan fingerprint density at radius 2 is 2.28 bits per heavy atom. The molecule has 0 amide bonds. The molecule has 1 aromatic rings. The van der Waals surface area contributed by atoms with Gasteiger partial charge < -0.3 is 10.6 Å². The normalized spacial score (nSPS) is 14.8. The lowest BCUT2D eigenvalue weighted by Gasteiger charge is -2.12. The maximum atomic E-state index is 4.44. The molecule has 0 aliphatic heterocycles. The van der Waals surface area contributed by atoms with E-state index in [0.29, 0.717) is 30.0 Å². The van der Waals surface area contributed by atoms with Crippen molar-refractivity contribution < 1.29 is 0 Å². The largest absolute Gasteiger partial charge is 0.354 e. The zero-order valence-electron chi connectivity index (χ0n) is 14.2. The third-order valence-electron chi connectivity index (χ3n) is 3.52. The van der Waals surface area contributed by atoms with Gasteiger partial charge in [-0.2, -0.15) is 10.1 Å². The highest BCUT2D eigenvalue weighted by molar-refractivity contribution is 9.10. The number of thiol groups is 1. The number of hydrazone groups is 1. The second-order valence-electron chi connectivity index (χ2n) is 5.70.